The number of rotatable bonds is 6. The van der Waals surface area contributed by atoms with Crippen LogP contribution in [0.4, 0.5) is 5.69 Å². The maximum Gasteiger partial charge on any atom is 0.234 e. The van der Waals surface area contributed by atoms with Crippen molar-refractivity contribution in [1.82, 2.24) is 24.7 Å². The van der Waals surface area contributed by atoms with Crippen molar-refractivity contribution in [3.63, 3.8) is 0 Å². The van der Waals surface area contributed by atoms with Gasteiger partial charge < -0.3 is 5.32 Å². The fraction of sp³-hybridized carbons (Fsp3) is 0.0500. The summed E-state index contributed by atoms with van der Waals surface area (Å²) in [6.45, 7) is 0. The van der Waals surface area contributed by atoms with Crippen LogP contribution in [0.2, 0.25) is 10.0 Å². The van der Waals surface area contributed by atoms with Crippen LogP contribution >= 0.6 is 35.0 Å². The molecule has 10 heteroatoms. The molecule has 0 unspecified atom stereocenters. The first-order valence-corrected chi connectivity index (χ1v) is 10.5. The number of hydrogen-bond donors (Lipinski definition) is 1. The summed E-state index contributed by atoms with van der Waals surface area (Å²) in [5.74, 6) is 0.359. The fourth-order valence-electron chi connectivity index (χ4n) is 2.68. The molecule has 0 fully saturated rings. The standard InChI is InChI=1S/C20H14Cl2N6OS/c21-14-7-4-8-15(22)18(14)25-17(29)12-30-20-27-26-19(16-11-23-9-10-24-16)28(20)13-5-2-1-3-6-13/h1-11H,12H2,(H,25,29). The normalized spacial score (nSPS) is 10.7. The van der Waals surface area contributed by atoms with E-state index in [-0.39, 0.29) is 11.7 Å². The second-order valence-electron chi connectivity index (χ2n) is 6.00. The number of aromatic nitrogens is 5. The van der Waals surface area contributed by atoms with Gasteiger partial charge in [0.1, 0.15) is 5.69 Å². The van der Waals surface area contributed by atoms with Crippen LogP contribution in [0.15, 0.2) is 72.3 Å². The van der Waals surface area contributed by atoms with Crippen LogP contribution in [0, 0.1) is 0 Å². The van der Waals surface area contributed by atoms with Gasteiger partial charge in [-0.2, -0.15) is 0 Å². The van der Waals surface area contributed by atoms with E-state index in [2.05, 4.69) is 25.5 Å². The van der Waals surface area contributed by atoms with Gasteiger partial charge in [0, 0.05) is 18.1 Å². The highest BCUT2D eigenvalue weighted by molar-refractivity contribution is 7.99. The molecule has 7 nitrogen and oxygen atoms in total. The van der Waals surface area contributed by atoms with Gasteiger partial charge in [-0.05, 0) is 24.3 Å². The first-order valence-electron chi connectivity index (χ1n) is 8.77. The van der Waals surface area contributed by atoms with E-state index in [0.29, 0.717) is 32.4 Å². The number of carbonyl (C=O) groups is 1. The summed E-state index contributed by atoms with van der Waals surface area (Å²) in [6, 6.07) is 14.6. The Balaban J connectivity index is 1.59. The minimum Gasteiger partial charge on any atom is -0.323 e. The quantitative estimate of drug-likeness (QED) is 0.420. The third-order valence-electron chi connectivity index (χ3n) is 4.00. The molecule has 4 aromatic rings. The Morgan fingerprint density at radius 2 is 1.77 bits per heavy atom. The zero-order chi connectivity index (χ0) is 20.9. The summed E-state index contributed by atoms with van der Waals surface area (Å²) in [4.78, 5) is 20.9. The summed E-state index contributed by atoms with van der Waals surface area (Å²) in [5, 5.41) is 12.6. The highest BCUT2D eigenvalue weighted by Crippen LogP contribution is 2.31. The molecule has 2 aromatic heterocycles. The molecule has 0 saturated carbocycles. The van der Waals surface area contributed by atoms with Crippen molar-refractivity contribution >= 4 is 46.6 Å². The topological polar surface area (TPSA) is 85.6 Å². The maximum atomic E-state index is 12.5. The molecule has 30 heavy (non-hydrogen) atoms. The third kappa shape index (κ3) is 4.46. The second-order valence-corrected chi connectivity index (χ2v) is 7.76. The number of para-hydroxylation sites is 2. The molecule has 0 aliphatic heterocycles. The van der Waals surface area contributed by atoms with E-state index in [1.165, 1.54) is 11.8 Å². The predicted molar refractivity (Wildman–Crippen MR) is 118 cm³/mol. The summed E-state index contributed by atoms with van der Waals surface area (Å²) >= 11 is 13.5. The molecule has 1 N–H and O–H groups in total. The number of nitrogens with zero attached hydrogens (tertiary/aromatic N) is 5. The fourth-order valence-corrected chi connectivity index (χ4v) is 3.92. The van der Waals surface area contributed by atoms with Crippen LogP contribution in [-0.4, -0.2) is 36.4 Å². The number of carbonyl (C=O) groups excluding carboxylic acids is 1. The molecule has 2 aromatic carbocycles. The van der Waals surface area contributed by atoms with Gasteiger partial charge >= 0.3 is 0 Å². The SMILES string of the molecule is O=C(CSc1nnc(-c2cnccn2)n1-c1ccccc1)Nc1c(Cl)cccc1Cl. The number of nitrogens with one attached hydrogen (secondary N) is 1. The third-order valence-corrected chi connectivity index (χ3v) is 5.56. The lowest BCUT2D eigenvalue weighted by Gasteiger charge is -2.11. The van der Waals surface area contributed by atoms with Crippen LogP contribution in [0.5, 0.6) is 0 Å². The van der Waals surface area contributed by atoms with Crippen molar-refractivity contribution in [3.05, 3.63) is 77.2 Å². The highest BCUT2D eigenvalue weighted by Gasteiger charge is 2.18. The summed E-state index contributed by atoms with van der Waals surface area (Å²) in [5.41, 5.74) is 1.81. The number of thioether (sulfide) groups is 1. The minimum absolute atomic E-state index is 0.0903. The summed E-state index contributed by atoms with van der Waals surface area (Å²) < 4.78 is 1.84. The lowest BCUT2D eigenvalue weighted by molar-refractivity contribution is -0.113. The first kappa shape index (κ1) is 20.3. The smallest absolute Gasteiger partial charge is 0.234 e. The Kier molecular flexibility index (Phi) is 6.27. The van der Waals surface area contributed by atoms with Crippen molar-refractivity contribution in [3.8, 4) is 17.2 Å². The van der Waals surface area contributed by atoms with E-state index in [9.17, 15) is 4.79 Å². The number of amides is 1. The van der Waals surface area contributed by atoms with Gasteiger partial charge in [0.05, 0.1) is 27.7 Å². The van der Waals surface area contributed by atoms with Crippen molar-refractivity contribution in [2.24, 2.45) is 0 Å². The van der Waals surface area contributed by atoms with Crippen LogP contribution < -0.4 is 5.32 Å². The molecule has 0 aliphatic carbocycles. The Bertz CT molecular complexity index is 1150. The van der Waals surface area contributed by atoms with E-state index in [4.69, 9.17) is 23.2 Å². The molecule has 1 amide bonds. The molecule has 0 saturated heterocycles. The van der Waals surface area contributed by atoms with Crippen molar-refractivity contribution in [1.29, 1.82) is 0 Å². The van der Waals surface area contributed by atoms with E-state index in [0.717, 1.165) is 5.69 Å². The van der Waals surface area contributed by atoms with E-state index in [1.807, 2.05) is 34.9 Å². The molecule has 150 valence electrons. The lowest BCUT2D eigenvalue weighted by Crippen LogP contribution is -2.15. The summed E-state index contributed by atoms with van der Waals surface area (Å²) in [6.07, 6.45) is 4.80. The number of hydrogen-bond acceptors (Lipinski definition) is 6. The van der Waals surface area contributed by atoms with Crippen molar-refractivity contribution in [2.75, 3.05) is 11.1 Å². The molecule has 0 bridgehead atoms. The van der Waals surface area contributed by atoms with Gasteiger partial charge in [0.25, 0.3) is 0 Å². The molecule has 2 heterocycles. The molecule has 0 atom stereocenters. The monoisotopic (exact) mass is 456 g/mol. The van der Waals surface area contributed by atoms with E-state index < -0.39 is 0 Å². The van der Waals surface area contributed by atoms with Crippen LogP contribution in [-0.2, 0) is 4.79 Å². The van der Waals surface area contributed by atoms with Crippen molar-refractivity contribution < 1.29 is 4.79 Å². The highest BCUT2D eigenvalue weighted by atomic mass is 35.5. The Morgan fingerprint density at radius 3 is 2.47 bits per heavy atom. The van der Waals surface area contributed by atoms with Crippen LogP contribution in [0.1, 0.15) is 0 Å². The average molecular weight is 457 g/mol. The average Bonchev–Trinajstić information content (AvgIpc) is 3.20. The first-order chi connectivity index (χ1) is 14.6. The van der Waals surface area contributed by atoms with Gasteiger partial charge in [-0.1, -0.05) is 59.2 Å². The number of anilines is 1. The predicted octanol–water partition coefficient (Wildman–Crippen LogP) is 4.76. The largest absolute Gasteiger partial charge is 0.323 e. The van der Waals surface area contributed by atoms with Gasteiger partial charge in [-0.15, -0.1) is 10.2 Å². The molecular weight excluding hydrogens is 443 g/mol. The number of benzene rings is 2. The zero-order valence-corrected chi connectivity index (χ0v) is 17.7. The van der Waals surface area contributed by atoms with Gasteiger partial charge in [-0.25, -0.2) is 4.98 Å². The van der Waals surface area contributed by atoms with Crippen LogP contribution in [0.25, 0.3) is 17.2 Å². The molecular formula is C20H14Cl2N6OS. The maximum absolute atomic E-state index is 12.5. The lowest BCUT2D eigenvalue weighted by atomic mass is 10.3. The van der Waals surface area contributed by atoms with Crippen LogP contribution in [0.3, 0.4) is 0 Å². The Hall–Kier alpha value is -2.94. The van der Waals surface area contributed by atoms with Crippen molar-refractivity contribution in [2.45, 2.75) is 5.16 Å². The molecule has 0 radical (unpaired) electrons. The van der Waals surface area contributed by atoms with E-state index in [1.54, 1.807) is 36.8 Å². The Morgan fingerprint density at radius 1 is 1.00 bits per heavy atom. The zero-order valence-electron chi connectivity index (χ0n) is 15.4. The van der Waals surface area contributed by atoms with Gasteiger partial charge in [0.15, 0.2) is 11.0 Å². The molecule has 0 aliphatic rings. The van der Waals surface area contributed by atoms with Gasteiger partial charge in [0.2, 0.25) is 5.91 Å². The summed E-state index contributed by atoms with van der Waals surface area (Å²) in [7, 11) is 0. The Labute approximate surface area is 186 Å². The number of halogens is 2. The molecule has 4 rings (SSSR count). The molecule has 0 spiro atoms. The van der Waals surface area contributed by atoms with E-state index >= 15 is 0 Å². The van der Waals surface area contributed by atoms with Gasteiger partial charge in [-0.3, -0.25) is 14.3 Å². The second kappa shape index (κ2) is 9.25. The minimum atomic E-state index is -0.265.